The standard InChI is InChI=1S/C20H26ClN3O3S2/c1-3-16-4-6-17(7-5-16)15(2)22-19(25)14-23-10-12-24(13-11-23)29(26,27)20-9-8-18(21)28-20/h4-9,15H,3,10-14H2,1-2H3,(H,22,25). The minimum atomic E-state index is -3.51. The van der Waals surface area contributed by atoms with Gasteiger partial charge in [0, 0.05) is 26.2 Å². The monoisotopic (exact) mass is 455 g/mol. The number of aryl methyl sites for hydroxylation is 1. The number of nitrogens with zero attached hydrogens (tertiary/aromatic N) is 2. The first kappa shape index (κ1) is 22.2. The third-order valence-electron chi connectivity index (χ3n) is 5.11. The summed E-state index contributed by atoms with van der Waals surface area (Å²) >= 11 is 6.93. The number of thiophene rings is 1. The van der Waals surface area contributed by atoms with Gasteiger partial charge in [-0.25, -0.2) is 8.42 Å². The van der Waals surface area contributed by atoms with E-state index in [1.54, 1.807) is 6.07 Å². The number of carbonyl (C=O) groups excluding carboxylic acids is 1. The predicted octanol–water partition coefficient (Wildman–Crippen LogP) is 3.15. The summed E-state index contributed by atoms with van der Waals surface area (Å²) in [6.07, 6.45) is 0.988. The van der Waals surface area contributed by atoms with E-state index < -0.39 is 10.0 Å². The van der Waals surface area contributed by atoms with Crippen LogP contribution in [-0.2, 0) is 21.2 Å². The molecule has 1 atom stereocenters. The molecule has 0 bridgehead atoms. The summed E-state index contributed by atoms with van der Waals surface area (Å²) in [7, 11) is -3.51. The molecule has 6 nitrogen and oxygen atoms in total. The van der Waals surface area contributed by atoms with E-state index in [2.05, 4.69) is 24.4 Å². The van der Waals surface area contributed by atoms with Crippen LogP contribution in [-0.4, -0.2) is 56.3 Å². The van der Waals surface area contributed by atoms with E-state index >= 15 is 0 Å². The lowest BCUT2D eigenvalue weighted by Gasteiger charge is -2.33. The zero-order chi connectivity index (χ0) is 21.0. The Hall–Kier alpha value is -1.45. The molecule has 2 heterocycles. The Morgan fingerprint density at radius 1 is 1.14 bits per heavy atom. The second-order valence-electron chi connectivity index (χ2n) is 7.12. The molecule has 0 radical (unpaired) electrons. The molecule has 1 aromatic carbocycles. The van der Waals surface area contributed by atoms with E-state index in [4.69, 9.17) is 11.6 Å². The van der Waals surface area contributed by atoms with Crippen molar-refractivity contribution in [3.05, 3.63) is 51.9 Å². The summed E-state index contributed by atoms with van der Waals surface area (Å²) in [5.74, 6) is -0.0570. The van der Waals surface area contributed by atoms with Crippen molar-refractivity contribution in [2.24, 2.45) is 0 Å². The number of amides is 1. The van der Waals surface area contributed by atoms with Crippen LogP contribution in [0.3, 0.4) is 0 Å². The smallest absolute Gasteiger partial charge is 0.252 e. The topological polar surface area (TPSA) is 69.7 Å². The van der Waals surface area contributed by atoms with Crippen LogP contribution in [0.1, 0.15) is 31.0 Å². The highest BCUT2D eigenvalue weighted by molar-refractivity contribution is 7.91. The lowest BCUT2D eigenvalue weighted by molar-refractivity contribution is -0.123. The first-order valence-electron chi connectivity index (χ1n) is 9.65. The minimum absolute atomic E-state index is 0.0570. The third kappa shape index (κ3) is 5.58. The van der Waals surface area contributed by atoms with Crippen molar-refractivity contribution in [3.8, 4) is 0 Å². The van der Waals surface area contributed by atoms with E-state index in [9.17, 15) is 13.2 Å². The van der Waals surface area contributed by atoms with Crippen molar-refractivity contribution in [1.82, 2.24) is 14.5 Å². The fraction of sp³-hybridized carbons (Fsp3) is 0.450. The van der Waals surface area contributed by atoms with E-state index in [1.807, 2.05) is 24.0 Å². The van der Waals surface area contributed by atoms with Gasteiger partial charge in [-0.2, -0.15) is 4.31 Å². The predicted molar refractivity (Wildman–Crippen MR) is 117 cm³/mol. The maximum atomic E-state index is 12.7. The zero-order valence-corrected chi connectivity index (χ0v) is 19.0. The molecule has 1 aromatic heterocycles. The van der Waals surface area contributed by atoms with Gasteiger partial charge in [-0.05, 0) is 36.6 Å². The van der Waals surface area contributed by atoms with Crippen molar-refractivity contribution in [1.29, 1.82) is 0 Å². The third-order valence-corrected chi connectivity index (χ3v) is 8.70. The second-order valence-corrected chi connectivity index (χ2v) is 11.0. The van der Waals surface area contributed by atoms with Gasteiger partial charge < -0.3 is 5.32 Å². The molecule has 0 saturated carbocycles. The van der Waals surface area contributed by atoms with Gasteiger partial charge in [0.2, 0.25) is 5.91 Å². The second kappa shape index (κ2) is 9.57. The van der Waals surface area contributed by atoms with Gasteiger partial charge in [0.15, 0.2) is 0 Å². The molecule has 1 unspecified atom stereocenters. The molecule has 1 saturated heterocycles. The highest BCUT2D eigenvalue weighted by Gasteiger charge is 2.30. The fourth-order valence-electron chi connectivity index (χ4n) is 3.31. The largest absolute Gasteiger partial charge is 0.348 e. The lowest BCUT2D eigenvalue weighted by atomic mass is 10.1. The van der Waals surface area contributed by atoms with Gasteiger partial charge in [0.1, 0.15) is 4.21 Å². The maximum absolute atomic E-state index is 12.7. The summed E-state index contributed by atoms with van der Waals surface area (Å²) in [6.45, 7) is 6.10. The summed E-state index contributed by atoms with van der Waals surface area (Å²) in [5, 5.41) is 3.03. The SMILES string of the molecule is CCc1ccc(C(C)NC(=O)CN2CCN(S(=O)(=O)c3ccc(Cl)s3)CC2)cc1. The van der Waals surface area contributed by atoms with Crippen molar-refractivity contribution in [2.75, 3.05) is 32.7 Å². The number of piperazine rings is 1. The van der Waals surface area contributed by atoms with Crippen molar-refractivity contribution in [3.63, 3.8) is 0 Å². The van der Waals surface area contributed by atoms with Crippen LogP contribution in [0.25, 0.3) is 0 Å². The summed E-state index contributed by atoms with van der Waals surface area (Å²) < 4.78 is 27.5. The zero-order valence-electron chi connectivity index (χ0n) is 16.6. The van der Waals surface area contributed by atoms with Gasteiger partial charge >= 0.3 is 0 Å². The first-order chi connectivity index (χ1) is 13.8. The molecule has 29 heavy (non-hydrogen) atoms. The van der Waals surface area contributed by atoms with E-state index in [1.165, 1.54) is 15.9 Å². The Kier molecular flexibility index (Phi) is 7.34. The van der Waals surface area contributed by atoms with E-state index in [-0.39, 0.29) is 22.7 Å². The van der Waals surface area contributed by atoms with Crippen LogP contribution in [0.2, 0.25) is 4.34 Å². The summed E-state index contributed by atoms with van der Waals surface area (Å²) in [4.78, 5) is 14.4. The molecule has 0 aliphatic carbocycles. The van der Waals surface area contributed by atoms with E-state index in [0.717, 1.165) is 23.3 Å². The number of hydrogen-bond donors (Lipinski definition) is 1. The highest BCUT2D eigenvalue weighted by Crippen LogP contribution is 2.28. The molecule has 158 valence electrons. The Balaban J connectivity index is 1.49. The van der Waals surface area contributed by atoms with Crippen molar-refractivity contribution in [2.45, 2.75) is 30.5 Å². The van der Waals surface area contributed by atoms with Crippen LogP contribution in [0.5, 0.6) is 0 Å². The minimum Gasteiger partial charge on any atom is -0.348 e. The van der Waals surface area contributed by atoms with Crippen LogP contribution in [0, 0.1) is 0 Å². The summed E-state index contributed by atoms with van der Waals surface area (Å²) in [6, 6.07) is 11.3. The normalized spacial score (nSPS) is 17.2. The number of carbonyl (C=O) groups is 1. The average Bonchev–Trinajstić information content (AvgIpc) is 3.15. The summed E-state index contributed by atoms with van der Waals surface area (Å²) in [5.41, 5.74) is 2.34. The Morgan fingerprint density at radius 3 is 2.34 bits per heavy atom. The van der Waals surface area contributed by atoms with Crippen LogP contribution in [0.4, 0.5) is 0 Å². The molecule has 0 spiro atoms. The van der Waals surface area contributed by atoms with Gasteiger partial charge in [0.05, 0.1) is 16.9 Å². The number of halogens is 1. The molecule has 1 fully saturated rings. The molecular weight excluding hydrogens is 430 g/mol. The molecule has 1 aliphatic rings. The van der Waals surface area contributed by atoms with Gasteiger partial charge in [-0.15, -0.1) is 11.3 Å². The van der Waals surface area contributed by atoms with Crippen LogP contribution in [0.15, 0.2) is 40.6 Å². The molecule has 2 aromatic rings. The number of nitrogens with one attached hydrogen (secondary N) is 1. The lowest BCUT2D eigenvalue weighted by Crippen LogP contribution is -2.51. The van der Waals surface area contributed by atoms with Crippen LogP contribution < -0.4 is 5.32 Å². The van der Waals surface area contributed by atoms with Crippen molar-refractivity contribution >= 4 is 38.9 Å². The Labute approximate surface area is 181 Å². The number of hydrogen-bond acceptors (Lipinski definition) is 5. The average molecular weight is 456 g/mol. The number of benzene rings is 1. The van der Waals surface area contributed by atoms with Crippen molar-refractivity contribution < 1.29 is 13.2 Å². The number of rotatable bonds is 7. The quantitative estimate of drug-likeness (QED) is 0.696. The first-order valence-corrected chi connectivity index (χ1v) is 12.3. The molecule has 1 N–H and O–H groups in total. The molecule has 9 heteroatoms. The Bertz CT molecular complexity index is 936. The molecule has 1 aliphatic heterocycles. The molecule has 3 rings (SSSR count). The Morgan fingerprint density at radius 2 is 1.79 bits per heavy atom. The maximum Gasteiger partial charge on any atom is 0.252 e. The van der Waals surface area contributed by atoms with Gasteiger partial charge in [0.25, 0.3) is 10.0 Å². The van der Waals surface area contributed by atoms with Gasteiger partial charge in [-0.1, -0.05) is 42.8 Å². The van der Waals surface area contributed by atoms with Gasteiger partial charge in [-0.3, -0.25) is 9.69 Å². The molecule has 1 amide bonds. The highest BCUT2D eigenvalue weighted by atomic mass is 35.5. The fourth-order valence-corrected chi connectivity index (χ4v) is 6.37. The van der Waals surface area contributed by atoms with Crippen LogP contribution >= 0.6 is 22.9 Å². The van der Waals surface area contributed by atoms with E-state index in [0.29, 0.717) is 30.5 Å². The number of sulfonamides is 1. The molecular formula is C20H26ClN3O3S2.